The van der Waals surface area contributed by atoms with Gasteiger partial charge >= 0.3 is 0 Å². The lowest BCUT2D eigenvalue weighted by Crippen LogP contribution is -3.16. The fraction of sp³-hybridized carbons (Fsp3) is 0.636. The molecule has 2 aliphatic rings. The molecule has 0 saturated carbocycles. The number of carbonyl (C=O) groups is 2. The fourth-order valence-electron chi connectivity index (χ4n) is 4.40. The van der Waals surface area contributed by atoms with Gasteiger partial charge in [0.2, 0.25) is 0 Å². The van der Waals surface area contributed by atoms with E-state index in [1.54, 1.807) is 0 Å². The Kier molecular flexibility index (Phi) is 7.45. The average molecular weight is 389 g/mol. The molecule has 0 spiro atoms. The molecule has 2 amide bonds. The first-order valence-electron chi connectivity index (χ1n) is 10.8. The van der Waals surface area contributed by atoms with Crippen LogP contribution in [0.4, 0.5) is 5.69 Å². The van der Waals surface area contributed by atoms with Gasteiger partial charge in [0.15, 0.2) is 13.1 Å². The fourth-order valence-corrected chi connectivity index (χ4v) is 4.40. The second-order valence-electron chi connectivity index (χ2n) is 8.46. The Hall–Kier alpha value is -1.92. The third-order valence-electron chi connectivity index (χ3n) is 6.19. The zero-order chi connectivity index (χ0) is 19.9. The zero-order valence-electron chi connectivity index (χ0n) is 17.5. The first kappa shape index (κ1) is 20.8. The minimum Gasteiger partial charge on any atom is -0.327 e. The number of nitrogens with zero attached hydrogens (tertiary/aromatic N) is 1. The molecule has 28 heavy (non-hydrogen) atoms. The number of quaternary nitrogens is 2. The average Bonchev–Trinajstić information content (AvgIpc) is 2.94. The van der Waals surface area contributed by atoms with E-state index in [-0.39, 0.29) is 11.8 Å². The maximum absolute atomic E-state index is 12.6. The van der Waals surface area contributed by atoms with Gasteiger partial charge in [-0.25, -0.2) is 0 Å². The van der Waals surface area contributed by atoms with Gasteiger partial charge in [0, 0.05) is 5.69 Å². The van der Waals surface area contributed by atoms with E-state index in [0.29, 0.717) is 13.1 Å². The zero-order valence-corrected chi connectivity index (χ0v) is 17.5. The Balaban J connectivity index is 1.42. The van der Waals surface area contributed by atoms with Crippen LogP contribution in [-0.4, -0.2) is 69.1 Å². The second kappa shape index (κ2) is 10.0. The van der Waals surface area contributed by atoms with Crippen molar-refractivity contribution in [3.05, 3.63) is 29.3 Å². The SMILES string of the molecule is Cc1cccc(C)c1NC(=O)C[NH+]1CCN(C(=O)C[NH+]2CCCCCC2)CC1. The summed E-state index contributed by atoms with van der Waals surface area (Å²) >= 11 is 0. The number of hydrogen-bond donors (Lipinski definition) is 3. The molecule has 2 fully saturated rings. The van der Waals surface area contributed by atoms with Gasteiger partial charge in [-0.05, 0) is 50.7 Å². The molecule has 0 atom stereocenters. The van der Waals surface area contributed by atoms with Crippen LogP contribution in [0.5, 0.6) is 0 Å². The number of anilines is 1. The molecule has 2 heterocycles. The number of para-hydroxylation sites is 1. The van der Waals surface area contributed by atoms with Crippen LogP contribution in [0.25, 0.3) is 0 Å². The summed E-state index contributed by atoms with van der Waals surface area (Å²) in [7, 11) is 0. The maximum atomic E-state index is 12.6. The van der Waals surface area contributed by atoms with E-state index in [4.69, 9.17) is 0 Å². The number of carbonyl (C=O) groups excluding carboxylic acids is 2. The minimum atomic E-state index is 0.0567. The Labute approximate surface area is 168 Å². The van der Waals surface area contributed by atoms with Crippen LogP contribution in [-0.2, 0) is 9.59 Å². The Morgan fingerprint density at radius 3 is 2.07 bits per heavy atom. The predicted molar refractivity (Wildman–Crippen MR) is 111 cm³/mol. The van der Waals surface area contributed by atoms with Crippen LogP contribution in [0.15, 0.2) is 18.2 Å². The van der Waals surface area contributed by atoms with Gasteiger partial charge in [0.1, 0.15) is 0 Å². The summed E-state index contributed by atoms with van der Waals surface area (Å²) in [6.07, 6.45) is 5.11. The smallest absolute Gasteiger partial charge is 0.279 e. The van der Waals surface area contributed by atoms with Crippen molar-refractivity contribution in [3.8, 4) is 0 Å². The molecule has 2 saturated heterocycles. The Morgan fingerprint density at radius 1 is 0.893 bits per heavy atom. The molecule has 1 aromatic carbocycles. The van der Waals surface area contributed by atoms with E-state index in [1.165, 1.54) is 35.5 Å². The van der Waals surface area contributed by atoms with Gasteiger partial charge in [-0.1, -0.05) is 18.2 Å². The van der Waals surface area contributed by atoms with Gasteiger partial charge in [-0.15, -0.1) is 0 Å². The van der Waals surface area contributed by atoms with Crippen LogP contribution in [0, 0.1) is 13.8 Å². The van der Waals surface area contributed by atoms with E-state index < -0.39 is 0 Å². The molecule has 0 unspecified atom stereocenters. The highest BCUT2D eigenvalue weighted by molar-refractivity contribution is 5.93. The minimum absolute atomic E-state index is 0.0567. The summed E-state index contributed by atoms with van der Waals surface area (Å²) in [5, 5.41) is 3.08. The topological polar surface area (TPSA) is 58.3 Å². The van der Waals surface area contributed by atoms with Crippen molar-refractivity contribution in [2.75, 3.05) is 57.7 Å². The largest absolute Gasteiger partial charge is 0.327 e. The van der Waals surface area contributed by atoms with E-state index in [1.807, 2.05) is 36.9 Å². The lowest BCUT2D eigenvalue weighted by molar-refractivity contribution is -0.897. The van der Waals surface area contributed by atoms with Crippen molar-refractivity contribution in [1.29, 1.82) is 0 Å². The summed E-state index contributed by atoms with van der Waals surface area (Å²) < 4.78 is 0. The number of rotatable bonds is 5. The molecule has 6 nitrogen and oxygen atoms in total. The number of aryl methyl sites for hydroxylation is 2. The second-order valence-corrected chi connectivity index (χ2v) is 8.46. The molecule has 1 aromatic rings. The number of likely N-dealkylation sites (tertiary alicyclic amines) is 1. The maximum Gasteiger partial charge on any atom is 0.279 e. The normalized spacial score (nSPS) is 19.3. The molecule has 0 aromatic heterocycles. The monoisotopic (exact) mass is 388 g/mol. The molecule has 2 aliphatic heterocycles. The van der Waals surface area contributed by atoms with E-state index in [2.05, 4.69) is 5.32 Å². The molecule has 0 aliphatic carbocycles. The van der Waals surface area contributed by atoms with E-state index in [0.717, 1.165) is 56.1 Å². The lowest BCUT2D eigenvalue weighted by Gasteiger charge is -2.32. The van der Waals surface area contributed by atoms with E-state index >= 15 is 0 Å². The van der Waals surface area contributed by atoms with Gasteiger partial charge in [0.05, 0.1) is 39.3 Å². The van der Waals surface area contributed by atoms with Gasteiger partial charge in [0.25, 0.3) is 11.8 Å². The van der Waals surface area contributed by atoms with Crippen LogP contribution in [0.2, 0.25) is 0 Å². The summed E-state index contributed by atoms with van der Waals surface area (Å²) in [5.74, 6) is 0.345. The third-order valence-corrected chi connectivity index (χ3v) is 6.19. The Morgan fingerprint density at radius 2 is 1.46 bits per heavy atom. The van der Waals surface area contributed by atoms with Gasteiger partial charge < -0.3 is 20.0 Å². The quantitative estimate of drug-likeness (QED) is 0.633. The molecule has 154 valence electrons. The van der Waals surface area contributed by atoms with Crippen molar-refractivity contribution >= 4 is 17.5 Å². The summed E-state index contributed by atoms with van der Waals surface area (Å²) in [5.41, 5.74) is 3.12. The number of amides is 2. The molecule has 6 heteroatoms. The highest BCUT2D eigenvalue weighted by Gasteiger charge is 2.27. The first-order chi connectivity index (χ1) is 13.5. The number of hydrogen-bond acceptors (Lipinski definition) is 2. The molecule has 0 radical (unpaired) electrons. The molecule has 0 bridgehead atoms. The lowest BCUT2D eigenvalue weighted by atomic mass is 10.1. The predicted octanol–water partition coefficient (Wildman–Crippen LogP) is -0.572. The highest BCUT2D eigenvalue weighted by Crippen LogP contribution is 2.18. The Bertz CT molecular complexity index is 655. The first-order valence-corrected chi connectivity index (χ1v) is 10.8. The van der Waals surface area contributed by atoms with Crippen LogP contribution < -0.4 is 15.1 Å². The van der Waals surface area contributed by atoms with Crippen LogP contribution in [0.1, 0.15) is 36.8 Å². The number of benzene rings is 1. The molecular formula is C22H36N4O2+2. The van der Waals surface area contributed by atoms with Crippen LogP contribution >= 0.6 is 0 Å². The van der Waals surface area contributed by atoms with Gasteiger partial charge in [-0.3, -0.25) is 9.59 Å². The molecular weight excluding hydrogens is 352 g/mol. The summed E-state index contributed by atoms with van der Waals surface area (Å²) in [6.45, 7) is 10.6. The standard InChI is InChI=1S/C22H34N4O2/c1-18-8-7-9-19(2)22(18)23-20(27)16-25-12-14-26(15-13-25)21(28)17-24-10-5-3-4-6-11-24/h7-9H,3-6,10-17H2,1-2H3,(H,23,27)/p+2. The van der Waals surface area contributed by atoms with Crippen molar-refractivity contribution < 1.29 is 19.4 Å². The van der Waals surface area contributed by atoms with Crippen LogP contribution in [0.3, 0.4) is 0 Å². The number of nitrogens with one attached hydrogen (secondary N) is 3. The van der Waals surface area contributed by atoms with Gasteiger partial charge in [-0.2, -0.15) is 0 Å². The van der Waals surface area contributed by atoms with Crippen molar-refractivity contribution in [1.82, 2.24) is 4.90 Å². The van der Waals surface area contributed by atoms with Crippen molar-refractivity contribution in [3.63, 3.8) is 0 Å². The third kappa shape index (κ3) is 5.79. The summed E-state index contributed by atoms with van der Waals surface area (Å²) in [4.78, 5) is 29.8. The summed E-state index contributed by atoms with van der Waals surface area (Å²) in [6, 6.07) is 6.05. The molecule has 3 rings (SSSR count). The highest BCUT2D eigenvalue weighted by atomic mass is 16.2. The number of piperazine rings is 1. The van der Waals surface area contributed by atoms with Crippen molar-refractivity contribution in [2.24, 2.45) is 0 Å². The van der Waals surface area contributed by atoms with E-state index in [9.17, 15) is 9.59 Å². The van der Waals surface area contributed by atoms with Crippen molar-refractivity contribution in [2.45, 2.75) is 39.5 Å². The molecule has 3 N–H and O–H groups in total.